The van der Waals surface area contributed by atoms with Crippen LogP contribution in [0.3, 0.4) is 0 Å². The fourth-order valence-electron chi connectivity index (χ4n) is 14.9. The molecule has 40 nitrogen and oxygen atoms in total. The molecule has 3 aromatic carbocycles. The first-order chi connectivity index (χ1) is 51.4. The average Bonchev–Trinajstić information content (AvgIpc) is 0.785. The monoisotopic (exact) mass is 1540 g/mol. The molecule has 40 atom stereocenters. The molecular weight excluding hydrogens is 1440 g/mol. The van der Waals surface area contributed by atoms with E-state index < -0.39 is 304 Å². The van der Waals surface area contributed by atoms with Gasteiger partial charge in [-0.3, -0.25) is 0 Å². The summed E-state index contributed by atoms with van der Waals surface area (Å²) in [6, 6.07) is 26.4. The van der Waals surface area contributed by atoms with E-state index >= 15 is 0 Å². The zero-order valence-electron chi connectivity index (χ0n) is 56.6. The number of ether oxygens (including phenoxy) is 17. The lowest BCUT2D eigenvalue weighted by atomic mass is 9.80. The Morgan fingerprint density at radius 1 is 0.206 bits per heavy atom. The quantitative estimate of drug-likeness (QED) is 0.0707. The van der Waals surface area contributed by atoms with E-state index in [-0.39, 0.29) is 0 Å². The molecule has 602 valence electrons. The molecule has 30 aliphatic rings. The fraction of sp³-hybridized carbons (Fsp3) is 0.731. The zero-order chi connectivity index (χ0) is 76.6. The summed E-state index contributed by atoms with van der Waals surface area (Å²) in [4.78, 5) is 0. The highest BCUT2D eigenvalue weighted by Crippen LogP contribution is 2.44. The first kappa shape index (κ1) is 82.5. The van der Waals surface area contributed by atoms with E-state index in [4.69, 9.17) is 80.5 Å². The van der Waals surface area contributed by atoms with Gasteiger partial charge in [0.25, 0.3) is 0 Å². The van der Waals surface area contributed by atoms with Crippen LogP contribution in [-0.2, 0) is 86.1 Å². The fourth-order valence-corrected chi connectivity index (χ4v) is 14.9. The average molecular weight is 1540 g/mol. The van der Waals surface area contributed by atoms with Crippen LogP contribution >= 0.6 is 0 Å². The van der Waals surface area contributed by atoms with Crippen LogP contribution in [-0.4, -0.2) is 416 Å². The van der Waals surface area contributed by atoms with E-state index in [2.05, 4.69) is 0 Å². The number of rotatable bonds is 13. The van der Waals surface area contributed by atoms with E-state index in [0.717, 1.165) is 0 Å². The van der Waals surface area contributed by atoms with Crippen molar-refractivity contribution in [2.24, 2.45) is 0 Å². The number of hydrogen-bond acceptors (Lipinski definition) is 40. The van der Waals surface area contributed by atoms with Crippen molar-refractivity contribution in [1.29, 1.82) is 0 Å². The van der Waals surface area contributed by atoms with Crippen molar-refractivity contribution in [1.82, 2.24) is 0 Å². The van der Waals surface area contributed by atoms with Crippen molar-refractivity contribution in [3.05, 3.63) is 108 Å². The van der Waals surface area contributed by atoms with Crippen molar-refractivity contribution in [3.8, 4) is 0 Å². The van der Waals surface area contributed by atoms with Gasteiger partial charge in [-0.1, -0.05) is 91.0 Å². The predicted molar refractivity (Wildman–Crippen MR) is 339 cm³/mol. The highest BCUT2D eigenvalue weighted by atomic mass is 16.8. The van der Waals surface area contributed by atoms with Crippen LogP contribution in [0.2, 0.25) is 0 Å². The van der Waals surface area contributed by atoms with E-state index in [1.165, 1.54) is 0 Å². The summed E-state index contributed by atoms with van der Waals surface area (Å²) < 4.78 is 102. The standard InChI is InChI=1S/C67H94O40/c68-16-27-51-35(75)43(83)59(92-27)101-52-28(17-69)94-61(45(85)37(52)77)103-54-30(19-71)96-63(47(87)39(54)79)105-56-32(21-73)98-65(49(89)41(56)81)107-58-34(23-91-67(24-10-4-1-5-11-24,25-12-6-2-7-13-25)26-14-8-3-9-15-26)99-66(50(90)42(58)82)106-57-33(22-74)97-64(48(88)40(57)80)104-55-31(20-72)95-62(46(86)38(55)78)102-53-29(18-70)93-60(100-51)44(84)36(53)76/h1-15,27-66,68-90H,16-23H2/t27-,28-,29-,30-,31-,32-,33-,34-,35-,36-,37-,38-,39-,40-,41-,42-,43-,44-,45-,46-,47-,48-,49-,50-,51-,52-,53-,54-,55-,56-,57-,58-,59-,60-,61-,62-,63-,64-,65-,66-/m1/s1. The number of aliphatic hydroxyl groups excluding tert-OH is 23. The van der Waals surface area contributed by atoms with Gasteiger partial charge in [-0.15, -0.1) is 0 Å². The Morgan fingerprint density at radius 3 is 0.514 bits per heavy atom. The molecule has 30 heterocycles. The van der Waals surface area contributed by atoms with Crippen LogP contribution in [0.4, 0.5) is 0 Å². The predicted octanol–water partition coefficient (Wildman–Crippen LogP) is -12.4. The lowest BCUT2D eigenvalue weighted by molar-refractivity contribution is -0.404. The molecule has 0 amide bonds. The number of hydrogen-bond donors (Lipinski definition) is 23. The van der Waals surface area contributed by atoms with Crippen LogP contribution in [0.5, 0.6) is 0 Å². The highest BCUT2D eigenvalue weighted by molar-refractivity contribution is 5.47. The smallest absolute Gasteiger partial charge is 0.187 e. The van der Waals surface area contributed by atoms with E-state index in [1.807, 2.05) is 0 Å². The molecule has 23 N–H and O–H groups in total. The molecule has 30 fully saturated rings. The second kappa shape index (κ2) is 35.6. The zero-order valence-corrected chi connectivity index (χ0v) is 56.6. The minimum absolute atomic E-state index is 0.540. The van der Waals surface area contributed by atoms with Crippen LogP contribution in [0.1, 0.15) is 16.7 Å². The Bertz CT molecular complexity index is 3090. The molecule has 30 aliphatic heterocycles. The molecule has 0 spiro atoms. The SMILES string of the molecule is OC[C@H]1O[C@@H]2O[C@H]3[C@H](O)[C@@H](O)[C@@H](O[C@H]4[C@H](O)[C@@H](O)[C@@H](O[C@H]5[C@H](O)[C@@H](O)[C@@H](O[C@H]6[C@H](O)[C@@H](O)[C@@H](O[C@H]7[C@H](O)[C@@H](O)[C@@H](O[C@H]8[C@H](O)[C@@H](O)[C@@H](O[C@H]9[C@H](O)[C@@H](O)[C@@H](O[C@H]1[C@H](O)[C@H]2O)O[C@@H]9CO)O[C@@H]8CO)O[C@@H]7CO)O[C@@H]6COC(c1ccccc1)(c1ccccc1)c1ccccc1)O[C@@H]5CO)O[C@@H]4CO)O[C@@H]3CO. The normalized spacial score (nSPS) is 47.7. The Balaban J connectivity index is 0.857. The largest absolute Gasteiger partial charge is 0.394 e. The Hall–Kier alpha value is -3.94. The maximum absolute atomic E-state index is 12.4. The van der Waals surface area contributed by atoms with Crippen molar-refractivity contribution in [2.45, 2.75) is 251 Å². The van der Waals surface area contributed by atoms with Crippen LogP contribution in [0, 0.1) is 0 Å². The third kappa shape index (κ3) is 16.3. The van der Waals surface area contributed by atoms with Gasteiger partial charge in [-0.25, -0.2) is 0 Å². The molecule has 0 aliphatic carbocycles. The molecule has 0 radical (unpaired) electrons. The Labute approximate surface area is 608 Å². The molecule has 16 bridgehead atoms. The minimum atomic E-state index is -2.30. The van der Waals surface area contributed by atoms with Gasteiger partial charge < -0.3 is 198 Å². The summed E-state index contributed by atoms with van der Waals surface area (Å²) in [6.07, 6.45) is -83.0. The van der Waals surface area contributed by atoms with Gasteiger partial charge in [-0.2, -0.15) is 0 Å². The molecule has 40 heteroatoms. The lowest BCUT2D eigenvalue weighted by Gasteiger charge is -2.51. The van der Waals surface area contributed by atoms with Gasteiger partial charge in [-0.05, 0) is 16.7 Å². The second-order valence-electron chi connectivity index (χ2n) is 27.4. The summed E-state index contributed by atoms with van der Waals surface area (Å²) in [6.45, 7) is -8.33. The van der Waals surface area contributed by atoms with Gasteiger partial charge in [0.15, 0.2) is 50.3 Å². The first-order valence-corrected chi connectivity index (χ1v) is 34.8. The number of benzene rings is 3. The molecule has 33 rings (SSSR count). The summed E-state index contributed by atoms with van der Waals surface area (Å²) in [5.41, 5.74) is 0.0418. The summed E-state index contributed by atoms with van der Waals surface area (Å²) in [7, 11) is 0. The molecular formula is C67H94O40. The van der Waals surface area contributed by atoms with Crippen molar-refractivity contribution < 1.29 is 198 Å². The Morgan fingerprint density at radius 2 is 0.355 bits per heavy atom. The summed E-state index contributed by atoms with van der Waals surface area (Å²) in [5.74, 6) is 0. The first-order valence-electron chi connectivity index (χ1n) is 34.8. The van der Waals surface area contributed by atoms with E-state index in [0.29, 0.717) is 16.7 Å². The minimum Gasteiger partial charge on any atom is -0.394 e. The van der Waals surface area contributed by atoms with Crippen molar-refractivity contribution in [3.63, 3.8) is 0 Å². The van der Waals surface area contributed by atoms with E-state index in [9.17, 15) is 117 Å². The summed E-state index contributed by atoms with van der Waals surface area (Å²) in [5, 5.41) is 262. The van der Waals surface area contributed by atoms with Gasteiger partial charge in [0.1, 0.15) is 201 Å². The maximum atomic E-state index is 12.4. The molecule has 107 heavy (non-hydrogen) atoms. The number of aliphatic hydroxyl groups is 23. The lowest BCUT2D eigenvalue weighted by Crippen LogP contribution is -2.69. The van der Waals surface area contributed by atoms with Gasteiger partial charge in [0, 0.05) is 0 Å². The highest BCUT2D eigenvalue weighted by Gasteiger charge is 2.61. The molecule has 30 saturated heterocycles. The van der Waals surface area contributed by atoms with Crippen LogP contribution < -0.4 is 0 Å². The van der Waals surface area contributed by atoms with Crippen molar-refractivity contribution in [2.75, 3.05) is 52.9 Å². The van der Waals surface area contributed by atoms with E-state index in [1.54, 1.807) is 91.0 Å². The van der Waals surface area contributed by atoms with Crippen LogP contribution in [0.25, 0.3) is 0 Å². The third-order valence-electron chi connectivity index (χ3n) is 20.7. The van der Waals surface area contributed by atoms with Gasteiger partial charge >= 0.3 is 0 Å². The second-order valence-corrected chi connectivity index (χ2v) is 27.4. The van der Waals surface area contributed by atoms with Gasteiger partial charge in [0.2, 0.25) is 0 Å². The molecule has 0 aromatic heterocycles. The third-order valence-corrected chi connectivity index (χ3v) is 20.7. The van der Waals surface area contributed by atoms with Crippen LogP contribution in [0.15, 0.2) is 91.0 Å². The summed E-state index contributed by atoms with van der Waals surface area (Å²) >= 11 is 0. The van der Waals surface area contributed by atoms with Gasteiger partial charge in [0.05, 0.1) is 52.9 Å². The molecule has 0 saturated carbocycles. The maximum Gasteiger partial charge on any atom is 0.187 e. The van der Waals surface area contributed by atoms with Crippen molar-refractivity contribution >= 4 is 0 Å². The Kier molecular flexibility index (Phi) is 27.5. The topological polar surface area (TPSA) is 622 Å². The molecule has 0 unspecified atom stereocenters. The molecule has 3 aromatic rings.